The summed E-state index contributed by atoms with van der Waals surface area (Å²) in [5.41, 5.74) is 0. The molecule has 0 fully saturated rings. The van der Waals surface area contributed by atoms with Gasteiger partial charge in [-0.2, -0.15) is 0 Å². The quantitative estimate of drug-likeness (QED) is 0.463. The molecule has 0 radical (unpaired) electrons. The summed E-state index contributed by atoms with van der Waals surface area (Å²) in [6.45, 7) is 7.75. The molecule has 5 heteroatoms. The molecule has 0 aliphatic rings. The van der Waals surface area contributed by atoms with Gasteiger partial charge in [0.25, 0.3) is 0 Å². The maximum absolute atomic E-state index is 6.43. The summed E-state index contributed by atoms with van der Waals surface area (Å²) in [7, 11) is -2.92. The Morgan fingerprint density at radius 1 is 0.640 bits per heavy atom. The van der Waals surface area contributed by atoms with E-state index in [2.05, 4.69) is 67.6 Å². The van der Waals surface area contributed by atoms with Gasteiger partial charge in [0.05, 0.1) is 0 Å². The average Bonchev–Trinajstić information content (AvgIpc) is 2.65. The van der Waals surface area contributed by atoms with Crippen molar-refractivity contribution in [3.63, 3.8) is 0 Å². The van der Waals surface area contributed by atoms with E-state index in [4.69, 9.17) is 13.3 Å². The van der Waals surface area contributed by atoms with E-state index in [0.29, 0.717) is 19.8 Å². The predicted octanol–water partition coefficient (Wildman–Crippen LogP) is 3.95. The molecule has 2 rings (SSSR count). The van der Waals surface area contributed by atoms with E-state index in [-0.39, 0.29) is 0 Å². The van der Waals surface area contributed by atoms with Gasteiger partial charge in [-0.25, -0.2) is 0 Å². The van der Waals surface area contributed by atoms with Crippen molar-refractivity contribution >= 4 is 25.9 Å². The van der Waals surface area contributed by atoms with Crippen LogP contribution in [0.25, 0.3) is 0 Å². The van der Waals surface area contributed by atoms with Gasteiger partial charge in [0.1, 0.15) is 0 Å². The van der Waals surface area contributed by atoms with Gasteiger partial charge in [0.15, 0.2) is 0 Å². The summed E-state index contributed by atoms with van der Waals surface area (Å²) in [4.78, 5) is 0. The van der Waals surface area contributed by atoms with E-state index in [0.717, 1.165) is 6.16 Å². The van der Waals surface area contributed by atoms with Gasteiger partial charge in [-0.05, 0) is 0 Å². The molecule has 0 N–H and O–H groups in total. The number of hydrogen-bond donors (Lipinski definition) is 0. The standard InChI is InChI=1S/C20H31O3PSi/c1-5-21-25(22-6-2,23-7-3)24(8-4,19-15-11-9-12-16-19)20-17-13-10-14-18-20/h9-18,24H,5-8H2,1-4H3. The fourth-order valence-electron chi connectivity index (χ4n) is 3.65. The molecule has 2 aromatic carbocycles. The van der Waals surface area contributed by atoms with Crippen LogP contribution in [-0.4, -0.2) is 34.5 Å². The van der Waals surface area contributed by atoms with Crippen molar-refractivity contribution < 1.29 is 13.3 Å². The van der Waals surface area contributed by atoms with Crippen molar-refractivity contribution in [3.8, 4) is 0 Å². The van der Waals surface area contributed by atoms with Gasteiger partial charge in [0.2, 0.25) is 0 Å². The third kappa shape index (κ3) is 3.89. The molecular weight excluding hydrogens is 347 g/mol. The second-order valence-corrected chi connectivity index (χ2v) is 15.9. The summed E-state index contributed by atoms with van der Waals surface area (Å²) in [6, 6.07) is 21.5. The van der Waals surface area contributed by atoms with Gasteiger partial charge in [-0.3, -0.25) is 0 Å². The molecule has 3 nitrogen and oxygen atoms in total. The van der Waals surface area contributed by atoms with Crippen LogP contribution in [0.4, 0.5) is 0 Å². The first-order valence-corrected chi connectivity index (χ1v) is 14.2. The van der Waals surface area contributed by atoms with E-state index in [1.54, 1.807) is 0 Å². The molecule has 0 amide bonds. The van der Waals surface area contributed by atoms with E-state index in [9.17, 15) is 0 Å². The summed E-state index contributed by atoms with van der Waals surface area (Å²) >= 11 is 0. The molecule has 25 heavy (non-hydrogen) atoms. The Labute approximate surface area is 153 Å². The first-order valence-electron chi connectivity index (χ1n) is 9.23. The van der Waals surface area contributed by atoms with Crippen molar-refractivity contribution in [2.75, 3.05) is 26.0 Å². The Morgan fingerprint density at radius 2 is 1.00 bits per heavy atom. The van der Waals surface area contributed by atoms with E-state index < -0.39 is 15.3 Å². The molecule has 0 bridgehead atoms. The van der Waals surface area contributed by atoms with Crippen molar-refractivity contribution in [2.24, 2.45) is 0 Å². The zero-order valence-corrected chi connectivity index (χ0v) is 17.8. The van der Waals surface area contributed by atoms with Crippen LogP contribution in [-0.2, 0) is 13.3 Å². The predicted molar refractivity (Wildman–Crippen MR) is 112 cm³/mol. The van der Waals surface area contributed by atoms with E-state index >= 15 is 0 Å². The van der Waals surface area contributed by atoms with Gasteiger partial charge in [-0.15, -0.1) is 0 Å². The van der Waals surface area contributed by atoms with Gasteiger partial charge < -0.3 is 0 Å². The Hall–Kier alpha value is -1.03. The molecule has 0 saturated heterocycles. The fourth-order valence-corrected chi connectivity index (χ4v) is 17.5. The molecule has 0 heterocycles. The first-order chi connectivity index (χ1) is 12.2. The normalized spacial score (nSPS) is 13.0. The second-order valence-electron chi connectivity index (χ2n) is 5.85. The Balaban J connectivity index is 2.79. The van der Waals surface area contributed by atoms with Crippen molar-refractivity contribution in [2.45, 2.75) is 27.7 Å². The van der Waals surface area contributed by atoms with Crippen LogP contribution in [0.3, 0.4) is 0 Å². The number of hydrogen-bond acceptors (Lipinski definition) is 3. The summed E-state index contributed by atoms with van der Waals surface area (Å²) in [5, 5.41) is 2.65. The molecule has 0 spiro atoms. The average molecular weight is 379 g/mol. The van der Waals surface area contributed by atoms with Crippen LogP contribution in [0.2, 0.25) is 0 Å². The molecule has 0 saturated carbocycles. The van der Waals surface area contributed by atoms with Crippen LogP contribution < -0.4 is 10.6 Å². The summed E-state index contributed by atoms with van der Waals surface area (Å²) in [6.07, 6.45) is 0.979. The molecule has 0 aliphatic carbocycles. The van der Waals surface area contributed by atoms with Crippen molar-refractivity contribution in [1.29, 1.82) is 0 Å². The molecule has 0 atom stereocenters. The fraction of sp³-hybridized carbons (Fsp3) is 0.400. The van der Waals surface area contributed by atoms with Crippen LogP contribution in [0, 0.1) is 0 Å². The molecule has 0 aliphatic heterocycles. The van der Waals surface area contributed by atoms with E-state index in [1.807, 2.05) is 20.8 Å². The molecule has 138 valence electrons. The monoisotopic (exact) mass is 378 g/mol. The van der Waals surface area contributed by atoms with Gasteiger partial charge in [0, 0.05) is 0 Å². The zero-order valence-electron chi connectivity index (χ0n) is 15.8. The topological polar surface area (TPSA) is 27.7 Å². The number of benzene rings is 2. The minimum atomic E-state index is -2.92. The Morgan fingerprint density at radius 3 is 1.28 bits per heavy atom. The molecule has 0 aromatic heterocycles. The molecular formula is C20H31O3PSi. The number of rotatable bonds is 10. The van der Waals surface area contributed by atoms with Crippen LogP contribution in [0.15, 0.2) is 60.7 Å². The van der Waals surface area contributed by atoms with Gasteiger partial charge in [-0.1, -0.05) is 0 Å². The van der Waals surface area contributed by atoms with E-state index in [1.165, 1.54) is 10.6 Å². The van der Waals surface area contributed by atoms with Gasteiger partial charge >= 0.3 is 154 Å². The van der Waals surface area contributed by atoms with Crippen LogP contribution >= 0.6 is 6.81 Å². The Bertz CT molecular complexity index is 565. The molecule has 2 aromatic rings. The summed E-state index contributed by atoms with van der Waals surface area (Å²) < 4.78 is 19.3. The summed E-state index contributed by atoms with van der Waals surface area (Å²) in [5.74, 6) is 0. The third-order valence-corrected chi connectivity index (χ3v) is 18.6. The zero-order chi connectivity index (χ0) is 18.2. The maximum atomic E-state index is 6.43. The van der Waals surface area contributed by atoms with Crippen molar-refractivity contribution in [1.82, 2.24) is 0 Å². The Kier molecular flexibility index (Phi) is 7.79. The SMILES string of the molecule is CCO[Si](OCC)(OCC)[PH](CC)(c1ccccc1)c1ccccc1. The first kappa shape index (κ1) is 20.3. The minimum absolute atomic E-state index is 0.598. The van der Waals surface area contributed by atoms with Crippen molar-refractivity contribution in [3.05, 3.63) is 60.7 Å². The van der Waals surface area contributed by atoms with Crippen LogP contribution in [0.1, 0.15) is 27.7 Å². The van der Waals surface area contributed by atoms with Crippen LogP contribution in [0.5, 0.6) is 0 Å². The molecule has 0 unspecified atom stereocenters. The second kappa shape index (κ2) is 9.61. The third-order valence-electron chi connectivity index (χ3n) is 4.59.